The fourth-order valence-corrected chi connectivity index (χ4v) is 3.79. The van der Waals surface area contributed by atoms with Gasteiger partial charge in [-0.25, -0.2) is 0 Å². The number of benzene rings is 1. The number of rotatable bonds is 5. The van der Waals surface area contributed by atoms with Crippen molar-refractivity contribution >= 4 is 41.5 Å². The smallest absolute Gasteiger partial charge is 0.226 e. The van der Waals surface area contributed by atoms with Crippen LogP contribution in [0.4, 0.5) is 0 Å². The van der Waals surface area contributed by atoms with E-state index in [0.29, 0.717) is 35.1 Å². The van der Waals surface area contributed by atoms with Crippen molar-refractivity contribution in [2.75, 3.05) is 6.54 Å². The zero-order chi connectivity index (χ0) is 15.7. The van der Waals surface area contributed by atoms with E-state index in [0.717, 1.165) is 37.7 Å². The van der Waals surface area contributed by atoms with Gasteiger partial charge in [0.2, 0.25) is 5.91 Å². The summed E-state index contributed by atoms with van der Waals surface area (Å²) in [5, 5.41) is 1.09. The molecule has 1 aromatic carbocycles. The van der Waals surface area contributed by atoms with E-state index in [1.54, 1.807) is 6.07 Å². The summed E-state index contributed by atoms with van der Waals surface area (Å²) < 4.78 is 0. The summed E-state index contributed by atoms with van der Waals surface area (Å²) >= 11 is 12.1. The first kappa shape index (κ1) is 18.9. The highest BCUT2D eigenvalue weighted by molar-refractivity contribution is 6.42. The summed E-state index contributed by atoms with van der Waals surface area (Å²) in [5.41, 5.74) is 6.88. The molecule has 0 bridgehead atoms. The Bertz CT molecular complexity index is 563. The molecule has 0 unspecified atom stereocenters. The molecule has 3 rings (SSSR count). The van der Waals surface area contributed by atoms with Crippen molar-refractivity contribution in [3.8, 4) is 0 Å². The molecule has 128 valence electrons. The molecule has 0 aliphatic heterocycles. The van der Waals surface area contributed by atoms with Crippen LogP contribution < -0.4 is 5.73 Å². The van der Waals surface area contributed by atoms with Gasteiger partial charge >= 0.3 is 0 Å². The van der Waals surface area contributed by atoms with Gasteiger partial charge in [0.25, 0.3) is 0 Å². The predicted octanol–water partition coefficient (Wildman–Crippen LogP) is 4.28. The van der Waals surface area contributed by atoms with Crippen molar-refractivity contribution < 1.29 is 4.79 Å². The van der Waals surface area contributed by atoms with Gasteiger partial charge < -0.3 is 10.6 Å². The van der Waals surface area contributed by atoms with Crippen LogP contribution in [0.25, 0.3) is 0 Å². The fraction of sp³-hybridized carbons (Fsp3) is 0.588. The standard InChI is InChI=1S/C17H22Cl2N2O.ClH/c18-15-7-4-11(8-16(15)19)10-21(13-5-6-13)17(22)14-3-1-2-12(14)9-20;/h4,7-8,12-14H,1-3,5-6,9-10,20H2;1H/t12-,14-;/m1./s1. The number of carbonyl (C=O) groups excluding carboxylic acids is 1. The molecule has 2 fully saturated rings. The first-order valence-corrected chi connectivity index (χ1v) is 8.80. The van der Waals surface area contributed by atoms with E-state index in [4.69, 9.17) is 28.9 Å². The maximum atomic E-state index is 13.0. The highest BCUT2D eigenvalue weighted by atomic mass is 35.5. The first-order valence-electron chi connectivity index (χ1n) is 8.04. The monoisotopic (exact) mass is 376 g/mol. The molecule has 0 spiro atoms. The highest BCUT2D eigenvalue weighted by Crippen LogP contribution is 2.37. The average molecular weight is 378 g/mol. The molecule has 2 N–H and O–H groups in total. The van der Waals surface area contributed by atoms with Crippen LogP contribution in [0.3, 0.4) is 0 Å². The van der Waals surface area contributed by atoms with Gasteiger partial charge in [-0.05, 0) is 55.8 Å². The quantitative estimate of drug-likeness (QED) is 0.832. The third-order valence-corrected chi connectivity index (χ3v) is 5.63. The third kappa shape index (κ3) is 4.33. The van der Waals surface area contributed by atoms with Crippen LogP contribution in [-0.2, 0) is 11.3 Å². The predicted molar refractivity (Wildman–Crippen MR) is 97.2 cm³/mol. The number of hydrogen-bond acceptors (Lipinski definition) is 2. The van der Waals surface area contributed by atoms with Crippen molar-refractivity contribution in [1.82, 2.24) is 4.90 Å². The molecule has 0 aromatic heterocycles. The molecular weight excluding hydrogens is 355 g/mol. The van der Waals surface area contributed by atoms with Gasteiger partial charge in [0, 0.05) is 18.5 Å². The second-order valence-electron chi connectivity index (χ2n) is 6.48. The lowest BCUT2D eigenvalue weighted by Gasteiger charge is -2.28. The molecule has 2 aliphatic rings. The molecule has 1 aromatic rings. The Morgan fingerprint density at radius 1 is 1.17 bits per heavy atom. The van der Waals surface area contributed by atoms with Crippen LogP contribution in [0.15, 0.2) is 18.2 Å². The Balaban J connectivity index is 0.00000192. The topological polar surface area (TPSA) is 46.3 Å². The molecular formula is C17H23Cl3N2O. The summed E-state index contributed by atoms with van der Waals surface area (Å²) in [4.78, 5) is 15.0. The number of hydrogen-bond donors (Lipinski definition) is 1. The lowest BCUT2D eigenvalue weighted by Crippen LogP contribution is -2.40. The second kappa shape index (κ2) is 8.06. The van der Waals surface area contributed by atoms with Gasteiger partial charge in [-0.3, -0.25) is 4.79 Å². The molecule has 1 amide bonds. The van der Waals surface area contributed by atoms with Crippen molar-refractivity contribution in [3.05, 3.63) is 33.8 Å². The fourth-order valence-electron chi connectivity index (χ4n) is 3.46. The number of amides is 1. The Morgan fingerprint density at radius 3 is 2.52 bits per heavy atom. The number of nitrogens with zero attached hydrogens (tertiary/aromatic N) is 1. The summed E-state index contributed by atoms with van der Waals surface area (Å²) in [6.07, 6.45) is 5.38. The Morgan fingerprint density at radius 2 is 1.91 bits per heavy atom. The minimum Gasteiger partial charge on any atom is -0.335 e. The molecule has 6 heteroatoms. The zero-order valence-electron chi connectivity index (χ0n) is 13.0. The number of nitrogens with two attached hydrogens (primary N) is 1. The Kier molecular flexibility index (Phi) is 6.61. The molecule has 2 aliphatic carbocycles. The normalized spacial score (nSPS) is 23.4. The summed E-state index contributed by atoms with van der Waals surface area (Å²) in [6.45, 7) is 1.23. The van der Waals surface area contributed by atoms with Crippen LogP contribution in [0.1, 0.15) is 37.7 Å². The van der Waals surface area contributed by atoms with Gasteiger partial charge in [-0.1, -0.05) is 35.7 Å². The molecule has 3 nitrogen and oxygen atoms in total. The zero-order valence-corrected chi connectivity index (χ0v) is 15.3. The summed E-state index contributed by atoms with van der Waals surface area (Å²) in [5.74, 6) is 0.734. The maximum Gasteiger partial charge on any atom is 0.226 e. The van der Waals surface area contributed by atoms with Crippen LogP contribution in [-0.4, -0.2) is 23.4 Å². The molecule has 0 saturated heterocycles. The largest absolute Gasteiger partial charge is 0.335 e. The van der Waals surface area contributed by atoms with Gasteiger partial charge in [-0.15, -0.1) is 12.4 Å². The Labute approximate surface area is 153 Å². The SMILES string of the molecule is Cl.NC[C@H]1CCC[C@H]1C(=O)N(Cc1ccc(Cl)c(Cl)c1)C1CC1. The minimum absolute atomic E-state index is 0. The number of carbonyl (C=O) groups is 1. The van der Waals surface area contributed by atoms with Gasteiger partial charge in [0.1, 0.15) is 0 Å². The third-order valence-electron chi connectivity index (χ3n) is 4.89. The van der Waals surface area contributed by atoms with Crippen molar-refractivity contribution in [3.63, 3.8) is 0 Å². The Hall–Kier alpha value is -0.480. The number of halogens is 3. The van der Waals surface area contributed by atoms with Crippen LogP contribution in [0.5, 0.6) is 0 Å². The van der Waals surface area contributed by atoms with E-state index in [-0.39, 0.29) is 24.2 Å². The highest BCUT2D eigenvalue weighted by Gasteiger charge is 2.40. The molecule has 0 heterocycles. The minimum atomic E-state index is 0. The van der Waals surface area contributed by atoms with Gasteiger partial charge in [0.15, 0.2) is 0 Å². The second-order valence-corrected chi connectivity index (χ2v) is 7.29. The van der Waals surface area contributed by atoms with Crippen molar-refractivity contribution in [2.24, 2.45) is 17.6 Å². The van der Waals surface area contributed by atoms with Crippen molar-refractivity contribution in [2.45, 2.75) is 44.7 Å². The molecule has 2 saturated carbocycles. The van der Waals surface area contributed by atoms with Crippen LogP contribution >= 0.6 is 35.6 Å². The summed E-state index contributed by atoms with van der Waals surface area (Å²) in [7, 11) is 0. The van der Waals surface area contributed by atoms with Crippen LogP contribution in [0.2, 0.25) is 10.0 Å². The van der Waals surface area contributed by atoms with Crippen molar-refractivity contribution in [1.29, 1.82) is 0 Å². The maximum absolute atomic E-state index is 13.0. The van der Waals surface area contributed by atoms with E-state index >= 15 is 0 Å². The van der Waals surface area contributed by atoms with E-state index in [2.05, 4.69) is 0 Å². The lowest BCUT2D eigenvalue weighted by molar-refractivity contribution is -0.137. The average Bonchev–Trinajstić information content (AvgIpc) is 3.24. The van der Waals surface area contributed by atoms with E-state index in [1.807, 2.05) is 17.0 Å². The molecule has 2 atom stereocenters. The lowest BCUT2D eigenvalue weighted by atomic mass is 9.94. The van der Waals surface area contributed by atoms with E-state index in [9.17, 15) is 4.79 Å². The van der Waals surface area contributed by atoms with E-state index < -0.39 is 0 Å². The van der Waals surface area contributed by atoms with Gasteiger partial charge in [-0.2, -0.15) is 0 Å². The van der Waals surface area contributed by atoms with Gasteiger partial charge in [0.05, 0.1) is 10.0 Å². The summed E-state index contributed by atoms with van der Waals surface area (Å²) in [6, 6.07) is 6.00. The van der Waals surface area contributed by atoms with Crippen LogP contribution in [0, 0.1) is 11.8 Å². The molecule has 0 radical (unpaired) electrons. The molecule has 23 heavy (non-hydrogen) atoms. The van der Waals surface area contributed by atoms with E-state index in [1.165, 1.54) is 0 Å². The first-order chi connectivity index (χ1) is 10.6.